The number of aliphatic hydroxyl groups excluding tert-OH is 2. The van der Waals surface area contributed by atoms with Crippen molar-refractivity contribution in [2.45, 2.75) is 109 Å². The molecule has 0 bridgehead atoms. The van der Waals surface area contributed by atoms with Crippen LogP contribution < -0.4 is 5.32 Å². The summed E-state index contributed by atoms with van der Waals surface area (Å²) in [5.74, 6) is 0.647. The molecule has 0 saturated heterocycles. The molecule has 7 atom stereocenters. The third-order valence-corrected chi connectivity index (χ3v) is 11.4. The van der Waals surface area contributed by atoms with E-state index in [-0.39, 0.29) is 47.9 Å². The van der Waals surface area contributed by atoms with Crippen LogP contribution in [0.1, 0.15) is 95.6 Å². The number of H-pyrrole nitrogens is 1. The smallest absolute Gasteiger partial charge is 0.247 e. The minimum absolute atomic E-state index is 0.0392. The van der Waals surface area contributed by atoms with Crippen LogP contribution in [0.5, 0.6) is 0 Å². The van der Waals surface area contributed by atoms with Gasteiger partial charge in [-0.2, -0.15) is 0 Å². The molecule has 0 radical (unpaired) electrons. The lowest BCUT2D eigenvalue weighted by atomic mass is 9.80. The van der Waals surface area contributed by atoms with E-state index in [0.717, 1.165) is 69.9 Å². The van der Waals surface area contributed by atoms with Crippen molar-refractivity contribution in [3.8, 4) is 0 Å². The number of amides is 1. The Bertz CT molecular complexity index is 1460. The molecule has 4 aliphatic rings. The summed E-state index contributed by atoms with van der Waals surface area (Å²) in [7, 11) is 2.20. The normalized spacial score (nSPS) is 27.4. The van der Waals surface area contributed by atoms with Crippen LogP contribution in [0.4, 0.5) is 0 Å². The van der Waals surface area contributed by atoms with E-state index in [9.17, 15) is 19.8 Å². The number of carbonyl (C=O) groups is 2. The number of nitrogens with zero attached hydrogens (tertiary/aromatic N) is 1. The Morgan fingerprint density at radius 3 is 2.82 bits per heavy atom. The molecule has 1 fully saturated rings. The largest absolute Gasteiger partial charge is 0.393 e. The van der Waals surface area contributed by atoms with Gasteiger partial charge in [0.25, 0.3) is 0 Å². The number of aromatic nitrogens is 1. The molecule has 7 nitrogen and oxygen atoms in total. The highest BCUT2D eigenvalue weighted by Crippen LogP contribution is 2.42. The predicted octanol–water partition coefficient (Wildman–Crippen LogP) is 5.95. The van der Waals surface area contributed by atoms with Crippen LogP contribution >= 0.6 is 0 Å². The molecule has 1 aromatic carbocycles. The van der Waals surface area contributed by atoms with Crippen LogP contribution in [-0.2, 0) is 16.0 Å². The Morgan fingerprint density at radius 2 is 2.00 bits per heavy atom. The van der Waals surface area contributed by atoms with Gasteiger partial charge in [0.15, 0.2) is 0 Å². The van der Waals surface area contributed by atoms with Crippen molar-refractivity contribution < 1.29 is 19.8 Å². The molecule has 7 heteroatoms. The quantitative estimate of drug-likeness (QED) is 0.186. The number of likely N-dealkylation sites (N-methyl/N-ethyl adjacent to an activating group) is 1. The van der Waals surface area contributed by atoms with E-state index in [0.29, 0.717) is 25.4 Å². The van der Waals surface area contributed by atoms with Crippen LogP contribution in [0, 0.1) is 23.7 Å². The van der Waals surface area contributed by atoms with Gasteiger partial charge in [-0.05, 0) is 93.0 Å². The predicted molar refractivity (Wildman–Crippen MR) is 180 cm³/mol. The monoisotopic (exact) mass is 615 g/mol. The second kappa shape index (κ2) is 13.9. The first-order valence-corrected chi connectivity index (χ1v) is 17.6. The molecule has 0 unspecified atom stereocenters. The maximum Gasteiger partial charge on any atom is 0.247 e. The number of rotatable bonds is 15. The maximum absolute atomic E-state index is 13.0. The molecule has 6 rings (SSSR count). The number of aliphatic hydroxyl groups is 2. The molecule has 3 aliphatic carbocycles. The van der Waals surface area contributed by atoms with Crippen LogP contribution in [-0.4, -0.2) is 70.2 Å². The molecule has 1 aromatic heterocycles. The molecular formula is C38H53N3O4. The number of allylic oxidation sites excluding steroid dienone is 1. The van der Waals surface area contributed by atoms with Gasteiger partial charge < -0.3 is 20.5 Å². The summed E-state index contributed by atoms with van der Waals surface area (Å²) >= 11 is 0. The number of fused-ring (bicyclic) bond motifs is 2. The van der Waals surface area contributed by atoms with Gasteiger partial charge >= 0.3 is 0 Å². The van der Waals surface area contributed by atoms with Crippen LogP contribution in [0.25, 0.3) is 16.5 Å². The number of ketones is 1. The molecule has 2 heterocycles. The first kappa shape index (κ1) is 32.2. The second-order valence-corrected chi connectivity index (χ2v) is 14.6. The van der Waals surface area contributed by atoms with E-state index < -0.39 is 6.10 Å². The Kier molecular flexibility index (Phi) is 9.98. The zero-order valence-corrected chi connectivity index (χ0v) is 27.5. The fourth-order valence-corrected chi connectivity index (χ4v) is 8.51. The lowest BCUT2D eigenvalue weighted by Gasteiger charge is -2.40. The van der Waals surface area contributed by atoms with E-state index in [1.165, 1.54) is 33.2 Å². The summed E-state index contributed by atoms with van der Waals surface area (Å²) in [6.45, 7) is 5.84. The molecule has 1 saturated carbocycles. The number of hydrogen-bond donors (Lipinski definition) is 4. The summed E-state index contributed by atoms with van der Waals surface area (Å²) in [6, 6.07) is 6.89. The van der Waals surface area contributed by atoms with Crippen LogP contribution in [0.15, 0.2) is 41.6 Å². The molecular weight excluding hydrogens is 562 g/mol. The van der Waals surface area contributed by atoms with Crippen LogP contribution in [0.3, 0.4) is 0 Å². The van der Waals surface area contributed by atoms with Crippen molar-refractivity contribution in [1.29, 1.82) is 0 Å². The topological polar surface area (TPSA) is 106 Å². The second-order valence-electron chi connectivity index (χ2n) is 14.6. The average Bonchev–Trinajstić information content (AvgIpc) is 3.61. The number of Topliss-reactive ketones (excluding diaryl/α,β-unsaturated/α-hetero) is 1. The fraction of sp³-hybridized carbons (Fsp3) is 0.632. The molecule has 244 valence electrons. The lowest BCUT2D eigenvalue weighted by Crippen LogP contribution is -2.45. The van der Waals surface area contributed by atoms with E-state index >= 15 is 0 Å². The molecule has 45 heavy (non-hydrogen) atoms. The minimum Gasteiger partial charge on any atom is -0.393 e. The highest BCUT2D eigenvalue weighted by molar-refractivity contribution is 5.99. The van der Waals surface area contributed by atoms with Crippen molar-refractivity contribution in [1.82, 2.24) is 15.2 Å². The molecule has 4 N–H and O–H groups in total. The number of carbonyl (C=O) groups excluding carboxylic acids is 2. The zero-order chi connectivity index (χ0) is 31.7. The Balaban J connectivity index is 0.953. The van der Waals surface area contributed by atoms with E-state index in [1.807, 2.05) is 0 Å². The minimum atomic E-state index is -0.578. The summed E-state index contributed by atoms with van der Waals surface area (Å²) in [4.78, 5) is 31.6. The Labute approximate surface area is 268 Å². The zero-order valence-electron chi connectivity index (χ0n) is 27.5. The van der Waals surface area contributed by atoms with Gasteiger partial charge in [-0.15, -0.1) is 0 Å². The summed E-state index contributed by atoms with van der Waals surface area (Å²) in [6.07, 6.45) is 13.9. The van der Waals surface area contributed by atoms with Gasteiger partial charge in [0.2, 0.25) is 5.91 Å². The van der Waals surface area contributed by atoms with Crippen molar-refractivity contribution in [2.24, 2.45) is 23.7 Å². The number of aromatic amines is 1. The number of nitrogens with one attached hydrogen (secondary N) is 2. The average molecular weight is 616 g/mol. The third kappa shape index (κ3) is 7.01. The van der Waals surface area contributed by atoms with E-state index in [2.05, 4.69) is 66.6 Å². The fourth-order valence-electron chi connectivity index (χ4n) is 8.51. The van der Waals surface area contributed by atoms with Gasteiger partial charge in [-0.25, -0.2) is 0 Å². The molecule has 1 amide bonds. The summed E-state index contributed by atoms with van der Waals surface area (Å²) < 4.78 is 0. The van der Waals surface area contributed by atoms with E-state index in [4.69, 9.17) is 0 Å². The van der Waals surface area contributed by atoms with Gasteiger partial charge in [-0.1, -0.05) is 56.9 Å². The third-order valence-electron chi connectivity index (χ3n) is 11.4. The first-order valence-electron chi connectivity index (χ1n) is 17.6. The molecule has 0 spiro atoms. The van der Waals surface area contributed by atoms with E-state index in [1.54, 1.807) is 0 Å². The number of benzene rings is 1. The standard InChI is InChI=1S/C38H53N3O4/c1-4-5-9-23(2)34(42)15-14-28-27(35(43)19-36(28)44)11-7-6-10-25-17-30(25)38(45)40-20-24-16-31-29-12-8-13-32-37(29)26(21-39-32)18-33(31)41(3)22-24/h8,12-13,16,21,23-24,27-28,33-34,36,39,42,44H,4-7,9-11,14-15,17-20,22H2,1-3H3,(H,40,45)/t23-,24+,27-,28-,33-,34-,36-/m1/s1. The van der Waals surface area contributed by atoms with Gasteiger partial charge in [0, 0.05) is 60.1 Å². The molecule has 1 aliphatic heterocycles. The Morgan fingerprint density at radius 1 is 1.16 bits per heavy atom. The maximum atomic E-state index is 13.0. The molecule has 2 aromatic rings. The summed E-state index contributed by atoms with van der Waals surface area (Å²) in [5, 5.41) is 25.8. The van der Waals surface area contributed by atoms with Crippen LogP contribution in [0.2, 0.25) is 0 Å². The highest BCUT2D eigenvalue weighted by Gasteiger charge is 2.41. The number of hydrogen-bond acceptors (Lipinski definition) is 5. The first-order chi connectivity index (χ1) is 21.7. The lowest BCUT2D eigenvalue weighted by molar-refractivity contribution is -0.121. The highest BCUT2D eigenvalue weighted by atomic mass is 16.3. The van der Waals surface area contributed by atoms with Crippen molar-refractivity contribution >= 4 is 28.2 Å². The van der Waals surface area contributed by atoms with Crippen molar-refractivity contribution in [2.75, 3.05) is 20.1 Å². The van der Waals surface area contributed by atoms with Gasteiger partial charge in [0.05, 0.1) is 12.2 Å². The van der Waals surface area contributed by atoms with Gasteiger partial charge in [0.1, 0.15) is 5.78 Å². The Hall–Kier alpha value is -2.74. The SMILES string of the molecule is CCCC[C@@H](C)[C@H](O)CC[C@H]1[C@H](O)CC(=O)[C@@H]1CCCCC1=C(C(=O)NC[C@@H]2C=C3c4cccc5[nH]cc(c45)C[C@H]3N(C)C2)C1. The van der Waals surface area contributed by atoms with Gasteiger partial charge in [-0.3, -0.25) is 14.5 Å². The van der Waals surface area contributed by atoms with Crippen molar-refractivity contribution in [3.05, 3.63) is 52.7 Å². The number of unbranched alkanes of at least 4 members (excludes halogenated alkanes) is 2. The van der Waals surface area contributed by atoms with Crippen molar-refractivity contribution in [3.63, 3.8) is 0 Å². The summed E-state index contributed by atoms with van der Waals surface area (Å²) in [5.41, 5.74) is 7.50.